The number of rotatable bonds is 9. The molecule has 0 heterocycles. The molecular formula is C20H25O4P. The van der Waals surface area contributed by atoms with Gasteiger partial charge in [-0.2, -0.15) is 0 Å². The monoisotopic (exact) mass is 360 g/mol. The fourth-order valence-electron chi connectivity index (χ4n) is 3.14. The summed E-state index contributed by atoms with van der Waals surface area (Å²) in [5, 5.41) is 9.56. The van der Waals surface area contributed by atoms with Crippen LogP contribution in [0.4, 0.5) is 0 Å². The number of aliphatic carboxylic acids is 1. The smallest absolute Gasteiger partial charge is 0.307 e. The molecule has 25 heavy (non-hydrogen) atoms. The van der Waals surface area contributed by atoms with Crippen LogP contribution in [-0.4, -0.2) is 22.1 Å². The fourth-order valence-corrected chi connectivity index (χ4v) is 5.04. The van der Waals surface area contributed by atoms with Gasteiger partial charge in [0.1, 0.15) is 0 Å². The van der Waals surface area contributed by atoms with Gasteiger partial charge < -0.3 is 10.00 Å². The van der Waals surface area contributed by atoms with Crippen molar-refractivity contribution in [3.05, 3.63) is 71.8 Å². The van der Waals surface area contributed by atoms with E-state index in [1.54, 1.807) is 12.1 Å². The number of benzene rings is 2. The van der Waals surface area contributed by atoms with Crippen LogP contribution < -0.4 is 0 Å². The van der Waals surface area contributed by atoms with Gasteiger partial charge in [-0.15, -0.1) is 0 Å². The molecule has 3 unspecified atom stereocenters. The summed E-state index contributed by atoms with van der Waals surface area (Å²) in [5.41, 5.74) is 1.83. The summed E-state index contributed by atoms with van der Waals surface area (Å²) in [6, 6.07) is 18.8. The molecule has 0 saturated heterocycles. The van der Waals surface area contributed by atoms with Crippen LogP contribution in [0, 0.1) is 5.92 Å². The Kier molecular flexibility index (Phi) is 6.98. The van der Waals surface area contributed by atoms with Crippen molar-refractivity contribution in [3.63, 3.8) is 0 Å². The Hall–Kier alpha value is -1.90. The molecule has 0 radical (unpaired) electrons. The van der Waals surface area contributed by atoms with Gasteiger partial charge in [0.05, 0.1) is 5.92 Å². The molecule has 0 aliphatic heterocycles. The zero-order valence-corrected chi connectivity index (χ0v) is 15.3. The fraction of sp³-hybridized carbons (Fsp3) is 0.350. The molecule has 2 aromatic rings. The van der Waals surface area contributed by atoms with Gasteiger partial charge in [-0.1, -0.05) is 67.6 Å². The van der Waals surface area contributed by atoms with Gasteiger partial charge in [0.2, 0.25) is 7.37 Å². The number of hydrogen-bond donors (Lipinski definition) is 2. The molecular weight excluding hydrogens is 335 g/mol. The lowest BCUT2D eigenvalue weighted by atomic mass is 9.87. The number of carbonyl (C=O) groups is 1. The predicted octanol–water partition coefficient (Wildman–Crippen LogP) is 4.74. The van der Waals surface area contributed by atoms with Gasteiger partial charge in [0, 0.05) is 12.3 Å². The normalized spacial score (nSPS) is 15.9. The Morgan fingerprint density at radius 1 is 1.04 bits per heavy atom. The van der Waals surface area contributed by atoms with Crippen molar-refractivity contribution in [2.75, 3.05) is 6.16 Å². The van der Waals surface area contributed by atoms with Crippen LogP contribution in [0.15, 0.2) is 60.7 Å². The van der Waals surface area contributed by atoms with Crippen molar-refractivity contribution in [1.29, 1.82) is 0 Å². The molecule has 0 aromatic heterocycles. The predicted molar refractivity (Wildman–Crippen MR) is 100 cm³/mol. The summed E-state index contributed by atoms with van der Waals surface area (Å²) >= 11 is 0. The van der Waals surface area contributed by atoms with Gasteiger partial charge in [-0.05, 0) is 29.9 Å². The topological polar surface area (TPSA) is 74.6 Å². The zero-order valence-electron chi connectivity index (χ0n) is 14.4. The van der Waals surface area contributed by atoms with Gasteiger partial charge in [-0.3, -0.25) is 9.36 Å². The third-order valence-corrected chi connectivity index (χ3v) is 6.33. The van der Waals surface area contributed by atoms with Crippen LogP contribution in [0.2, 0.25) is 0 Å². The minimum absolute atomic E-state index is 0.0136. The highest BCUT2D eigenvalue weighted by Crippen LogP contribution is 2.47. The average molecular weight is 360 g/mol. The van der Waals surface area contributed by atoms with Crippen LogP contribution in [0.5, 0.6) is 0 Å². The summed E-state index contributed by atoms with van der Waals surface area (Å²) in [4.78, 5) is 22.0. The molecule has 0 amide bonds. The molecule has 0 aliphatic rings. The van der Waals surface area contributed by atoms with E-state index in [0.29, 0.717) is 6.42 Å². The molecule has 5 heteroatoms. The lowest BCUT2D eigenvalue weighted by molar-refractivity contribution is -0.141. The first-order valence-electron chi connectivity index (χ1n) is 8.54. The van der Waals surface area contributed by atoms with Gasteiger partial charge in [0.15, 0.2) is 0 Å². The summed E-state index contributed by atoms with van der Waals surface area (Å²) in [6.07, 6.45) is 0.984. The Labute approximate surface area is 149 Å². The standard InChI is InChI=1S/C20H25O4P/c1-2-17(18-11-7-4-8-12-18)13-19(20(21)22)15-25(23,24)14-16-9-5-3-6-10-16/h3-12,17,19H,2,13-15H2,1H3,(H,21,22)(H,23,24). The maximum atomic E-state index is 12.6. The van der Waals surface area contributed by atoms with Crippen LogP contribution in [0.1, 0.15) is 36.8 Å². The maximum absolute atomic E-state index is 12.6. The molecule has 3 atom stereocenters. The van der Waals surface area contributed by atoms with Gasteiger partial charge in [0.25, 0.3) is 0 Å². The lowest BCUT2D eigenvalue weighted by Crippen LogP contribution is -2.21. The SMILES string of the molecule is CCC(CC(CP(=O)(O)Cc1ccccc1)C(=O)O)c1ccccc1. The molecule has 0 spiro atoms. The average Bonchev–Trinajstić information content (AvgIpc) is 2.59. The molecule has 2 rings (SSSR count). The van der Waals surface area contributed by atoms with Crippen LogP contribution in [-0.2, 0) is 15.5 Å². The van der Waals surface area contributed by atoms with Crippen molar-refractivity contribution in [3.8, 4) is 0 Å². The molecule has 2 aromatic carbocycles. The Balaban J connectivity index is 2.09. The summed E-state index contributed by atoms with van der Waals surface area (Å²) in [7, 11) is -3.56. The van der Waals surface area contributed by atoms with Crippen molar-refractivity contribution < 1.29 is 19.4 Å². The maximum Gasteiger partial charge on any atom is 0.307 e. The molecule has 0 fully saturated rings. The minimum atomic E-state index is -3.56. The zero-order chi connectivity index (χ0) is 18.3. The summed E-state index contributed by atoms with van der Waals surface area (Å²) in [5.74, 6) is -1.76. The van der Waals surface area contributed by atoms with Crippen molar-refractivity contribution in [2.24, 2.45) is 5.92 Å². The van der Waals surface area contributed by atoms with Gasteiger partial charge >= 0.3 is 5.97 Å². The lowest BCUT2D eigenvalue weighted by Gasteiger charge is -2.22. The van der Waals surface area contributed by atoms with E-state index in [2.05, 4.69) is 0 Å². The van der Waals surface area contributed by atoms with E-state index in [1.165, 1.54) is 0 Å². The first-order valence-corrected chi connectivity index (χ1v) is 10.6. The molecule has 0 aliphatic carbocycles. The molecule has 4 nitrogen and oxygen atoms in total. The second-order valence-corrected chi connectivity index (χ2v) is 8.83. The van der Waals surface area contributed by atoms with E-state index in [4.69, 9.17) is 0 Å². The first-order chi connectivity index (χ1) is 11.9. The summed E-state index contributed by atoms with van der Waals surface area (Å²) < 4.78 is 12.6. The summed E-state index contributed by atoms with van der Waals surface area (Å²) in [6.45, 7) is 2.01. The third-order valence-electron chi connectivity index (χ3n) is 4.46. The molecule has 134 valence electrons. The van der Waals surface area contributed by atoms with Crippen LogP contribution in [0.3, 0.4) is 0 Å². The van der Waals surface area contributed by atoms with Crippen LogP contribution in [0.25, 0.3) is 0 Å². The molecule has 2 N–H and O–H groups in total. The highest BCUT2D eigenvalue weighted by Gasteiger charge is 2.31. The molecule has 0 saturated carbocycles. The van der Waals surface area contributed by atoms with Gasteiger partial charge in [-0.25, -0.2) is 0 Å². The highest BCUT2D eigenvalue weighted by atomic mass is 31.2. The van der Waals surface area contributed by atoms with Crippen LogP contribution >= 0.6 is 7.37 Å². The highest BCUT2D eigenvalue weighted by molar-refractivity contribution is 7.57. The number of hydrogen-bond acceptors (Lipinski definition) is 2. The second kappa shape index (κ2) is 8.98. The van der Waals surface area contributed by atoms with E-state index >= 15 is 0 Å². The Morgan fingerprint density at radius 3 is 2.12 bits per heavy atom. The van der Waals surface area contributed by atoms with E-state index in [1.807, 2.05) is 55.5 Å². The van der Waals surface area contributed by atoms with E-state index in [0.717, 1.165) is 17.5 Å². The number of carboxylic acids is 1. The largest absolute Gasteiger partial charge is 0.481 e. The van der Waals surface area contributed by atoms with E-state index in [9.17, 15) is 19.4 Å². The van der Waals surface area contributed by atoms with Crippen molar-refractivity contribution in [2.45, 2.75) is 31.8 Å². The second-order valence-electron chi connectivity index (χ2n) is 6.46. The third kappa shape index (κ3) is 6.15. The quantitative estimate of drug-likeness (QED) is 0.633. The Morgan fingerprint density at radius 2 is 1.60 bits per heavy atom. The number of carboxylic acid groups (broad SMARTS) is 1. The van der Waals surface area contributed by atoms with Crippen molar-refractivity contribution in [1.82, 2.24) is 0 Å². The van der Waals surface area contributed by atoms with E-state index in [-0.39, 0.29) is 18.2 Å². The van der Waals surface area contributed by atoms with E-state index < -0.39 is 19.3 Å². The van der Waals surface area contributed by atoms with Crippen molar-refractivity contribution >= 4 is 13.3 Å². The first kappa shape index (κ1) is 19.4. The molecule has 0 bridgehead atoms. The Bertz CT molecular complexity index is 715. The minimum Gasteiger partial charge on any atom is -0.481 e.